The quantitative estimate of drug-likeness (QED) is 0.624. The molecule has 156 valence electrons. The Bertz CT molecular complexity index is 860. The Kier molecular flexibility index (Phi) is 7.14. The van der Waals surface area contributed by atoms with Crippen LogP contribution in [0.2, 0.25) is 5.02 Å². The van der Waals surface area contributed by atoms with Crippen molar-refractivity contribution in [1.82, 2.24) is 9.88 Å². The molecule has 1 amide bonds. The van der Waals surface area contributed by atoms with E-state index in [4.69, 9.17) is 21.1 Å². The SMILES string of the molecule is Cc1nc(COc2ccc(Cl)cc2)sc1C(=O)O[C@@H](C)C(=O)N1CCC(C)CC1. The third kappa shape index (κ3) is 5.70. The lowest BCUT2D eigenvalue weighted by molar-refractivity contribution is -0.141. The largest absolute Gasteiger partial charge is 0.486 e. The highest BCUT2D eigenvalue weighted by Gasteiger charge is 2.28. The van der Waals surface area contributed by atoms with Gasteiger partial charge in [-0.3, -0.25) is 4.79 Å². The maximum atomic E-state index is 12.6. The number of carbonyl (C=O) groups excluding carboxylic acids is 2. The van der Waals surface area contributed by atoms with E-state index in [1.807, 2.05) is 0 Å². The molecule has 1 fully saturated rings. The number of likely N-dealkylation sites (tertiary alicyclic amines) is 1. The molecule has 6 nitrogen and oxygen atoms in total. The minimum absolute atomic E-state index is 0.140. The lowest BCUT2D eigenvalue weighted by Crippen LogP contribution is -2.44. The van der Waals surface area contributed by atoms with Gasteiger partial charge in [0.2, 0.25) is 0 Å². The molecule has 0 bridgehead atoms. The summed E-state index contributed by atoms with van der Waals surface area (Å²) >= 11 is 7.08. The summed E-state index contributed by atoms with van der Waals surface area (Å²) in [5, 5.41) is 1.30. The average molecular weight is 437 g/mol. The zero-order valence-electron chi connectivity index (χ0n) is 16.8. The van der Waals surface area contributed by atoms with Crippen molar-refractivity contribution in [2.45, 2.75) is 46.3 Å². The van der Waals surface area contributed by atoms with Crippen LogP contribution in [0.4, 0.5) is 0 Å². The Labute approximate surface area is 179 Å². The van der Waals surface area contributed by atoms with Crippen molar-refractivity contribution in [3.05, 3.63) is 44.9 Å². The molecule has 1 aromatic carbocycles. The van der Waals surface area contributed by atoms with Gasteiger partial charge < -0.3 is 14.4 Å². The number of carbonyl (C=O) groups is 2. The van der Waals surface area contributed by atoms with E-state index < -0.39 is 12.1 Å². The van der Waals surface area contributed by atoms with Gasteiger partial charge in [-0.05, 0) is 56.9 Å². The molecule has 1 aliphatic heterocycles. The average Bonchev–Trinajstić information content (AvgIpc) is 3.08. The number of hydrogen-bond acceptors (Lipinski definition) is 6. The Balaban J connectivity index is 1.56. The molecule has 1 saturated heterocycles. The van der Waals surface area contributed by atoms with E-state index in [1.165, 1.54) is 11.3 Å². The molecule has 1 aromatic heterocycles. The number of aryl methyl sites for hydroxylation is 1. The molecule has 1 atom stereocenters. The molecule has 3 rings (SSSR count). The Hall–Kier alpha value is -2.12. The summed E-state index contributed by atoms with van der Waals surface area (Å²) in [6.45, 7) is 7.23. The molecule has 29 heavy (non-hydrogen) atoms. The smallest absolute Gasteiger partial charge is 0.351 e. The van der Waals surface area contributed by atoms with Crippen molar-refractivity contribution in [2.24, 2.45) is 5.92 Å². The highest BCUT2D eigenvalue weighted by Crippen LogP contribution is 2.23. The Morgan fingerprint density at radius 3 is 2.59 bits per heavy atom. The summed E-state index contributed by atoms with van der Waals surface area (Å²) in [6.07, 6.45) is 1.15. The van der Waals surface area contributed by atoms with Gasteiger partial charge in [-0.15, -0.1) is 11.3 Å². The summed E-state index contributed by atoms with van der Waals surface area (Å²) in [5.41, 5.74) is 0.571. The zero-order chi connectivity index (χ0) is 21.0. The third-order valence-corrected chi connectivity index (χ3v) is 6.29. The number of ether oxygens (including phenoxy) is 2. The number of thiazole rings is 1. The third-order valence-electron chi connectivity index (χ3n) is 4.93. The molecular formula is C21H25ClN2O4S. The first-order valence-electron chi connectivity index (χ1n) is 9.68. The van der Waals surface area contributed by atoms with Crippen LogP contribution in [0.3, 0.4) is 0 Å². The molecule has 0 saturated carbocycles. The van der Waals surface area contributed by atoms with Crippen LogP contribution in [0.1, 0.15) is 47.1 Å². The molecule has 0 radical (unpaired) electrons. The lowest BCUT2D eigenvalue weighted by atomic mass is 9.99. The number of nitrogens with zero attached hydrogens (tertiary/aromatic N) is 2. The number of hydrogen-bond donors (Lipinski definition) is 0. The molecule has 0 aliphatic carbocycles. The minimum atomic E-state index is -0.814. The maximum absolute atomic E-state index is 12.6. The number of halogens is 1. The van der Waals surface area contributed by atoms with Crippen molar-refractivity contribution >= 4 is 34.8 Å². The highest BCUT2D eigenvalue weighted by atomic mass is 35.5. The van der Waals surface area contributed by atoms with Crippen LogP contribution in [0.15, 0.2) is 24.3 Å². The van der Waals surface area contributed by atoms with E-state index >= 15 is 0 Å². The standard InChI is InChI=1S/C21H25ClN2O4S/c1-13-8-10-24(11-9-13)20(25)15(3)28-21(26)19-14(2)23-18(29-19)12-27-17-6-4-16(22)5-7-17/h4-7,13,15H,8-12H2,1-3H3/t15-/m0/s1. The fourth-order valence-corrected chi connectivity index (χ4v) is 4.12. The van der Waals surface area contributed by atoms with Crippen LogP contribution in [-0.4, -0.2) is 41.0 Å². The number of esters is 1. The van der Waals surface area contributed by atoms with E-state index in [2.05, 4.69) is 11.9 Å². The van der Waals surface area contributed by atoms with Gasteiger partial charge in [0.1, 0.15) is 22.2 Å². The topological polar surface area (TPSA) is 68.7 Å². The second-order valence-electron chi connectivity index (χ2n) is 7.32. The Morgan fingerprint density at radius 1 is 1.28 bits per heavy atom. The minimum Gasteiger partial charge on any atom is -0.486 e. The molecule has 8 heteroatoms. The van der Waals surface area contributed by atoms with Crippen molar-refractivity contribution in [1.29, 1.82) is 0 Å². The second-order valence-corrected chi connectivity index (χ2v) is 8.84. The summed E-state index contributed by atoms with van der Waals surface area (Å²) in [4.78, 5) is 31.7. The van der Waals surface area contributed by atoms with Gasteiger partial charge in [0.15, 0.2) is 6.10 Å². The van der Waals surface area contributed by atoms with Crippen LogP contribution in [0.25, 0.3) is 0 Å². The van der Waals surface area contributed by atoms with Crippen LogP contribution >= 0.6 is 22.9 Å². The van der Waals surface area contributed by atoms with Gasteiger partial charge in [-0.1, -0.05) is 18.5 Å². The Morgan fingerprint density at radius 2 is 1.93 bits per heavy atom. The van der Waals surface area contributed by atoms with Gasteiger partial charge in [0, 0.05) is 18.1 Å². The van der Waals surface area contributed by atoms with Crippen molar-refractivity contribution in [2.75, 3.05) is 13.1 Å². The molecule has 2 aromatic rings. The van der Waals surface area contributed by atoms with E-state index in [9.17, 15) is 9.59 Å². The molecular weight excluding hydrogens is 412 g/mol. The first-order valence-corrected chi connectivity index (χ1v) is 10.9. The van der Waals surface area contributed by atoms with E-state index in [-0.39, 0.29) is 12.5 Å². The summed E-state index contributed by atoms with van der Waals surface area (Å²) in [6, 6.07) is 7.03. The van der Waals surface area contributed by atoms with E-state index in [0.29, 0.717) is 45.4 Å². The number of benzene rings is 1. The first-order chi connectivity index (χ1) is 13.8. The van der Waals surface area contributed by atoms with Gasteiger partial charge in [0.25, 0.3) is 5.91 Å². The van der Waals surface area contributed by atoms with Crippen LogP contribution < -0.4 is 4.74 Å². The van der Waals surface area contributed by atoms with Gasteiger partial charge in [-0.2, -0.15) is 0 Å². The summed E-state index contributed by atoms with van der Waals surface area (Å²) in [7, 11) is 0. The number of aromatic nitrogens is 1. The fourth-order valence-electron chi connectivity index (χ4n) is 3.13. The maximum Gasteiger partial charge on any atom is 0.351 e. The summed E-state index contributed by atoms with van der Waals surface area (Å²) < 4.78 is 11.1. The molecule has 1 aliphatic rings. The summed E-state index contributed by atoms with van der Waals surface area (Å²) in [5.74, 6) is 0.634. The number of rotatable bonds is 6. The number of amides is 1. The molecule has 2 heterocycles. The van der Waals surface area contributed by atoms with Crippen molar-refractivity contribution in [3.8, 4) is 5.75 Å². The van der Waals surface area contributed by atoms with Crippen molar-refractivity contribution in [3.63, 3.8) is 0 Å². The van der Waals surface area contributed by atoms with Crippen LogP contribution in [0.5, 0.6) is 5.75 Å². The van der Waals surface area contributed by atoms with Gasteiger partial charge in [0.05, 0.1) is 5.69 Å². The van der Waals surface area contributed by atoms with Gasteiger partial charge >= 0.3 is 5.97 Å². The fraction of sp³-hybridized carbons (Fsp3) is 0.476. The zero-order valence-corrected chi connectivity index (χ0v) is 18.4. The highest BCUT2D eigenvalue weighted by molar-refractivity contribution is 7.13. The predicted octanol–water partition coefficient (Wildman–Crippen LogP) is 4.49. The van der Waals surface area contributed by atoms with E-state index in [1.54, 1.807) is 43.0 Å². The monoisotopic (exact) mass is 436 g/mol. The first kappa shape index (κ1) is 21.6. The predicted molar refractivity (Wildman–Crippen MR) is 112 cm³/mol. The van der Waals surface area contributed by atoms with Crippen LogP contribution in [0, 0.1) is 12.8 Å². The van der Waals surface area contributed by atoms with E-state index in [0.717, 1.165) is 12.8 Å². The van der Waals surface area contributed by atoms with Crippen molar-refractivity contribution < 1.29 is 19.1 Å². The lowest BCUT2D eigenvalue weighted by Gasteiger charge is -2.31. The second kappa shape index (κ2) is 9.59. The molecule has 0 spiro atoms. The number of piperidine rings is 1. The van der Waals surface area contributed by atoms with Gasteiger partial charge in [-0.25, -0.2) is 9.78 Å². The molecule has 0 unspecified atom stereocenters. The molecule has 0 N–H and O–H groups in total. The van der Waals surface area contributed by atoms with Crippen LogP contribution in [-0.2, 0) is 16.1 Å². The normalized spacial score (nSPS) is 15.8.